The lowest BCUT2D eigenvalue weighted by Crippen LogP contribution is -2.44. The molecule has 2 aromatic carbocycles. The topological polar surface area (TPSA) is 99.4 Å². The molecule has 0 radical (unpaired) electrons. The highest BCUT2D eigenvalue weighted by molar-refractivity contribution is 5.44. The van der Waals surface area contributed by atoms with Crippen molar-refractivity contribution in [2.75, 3.05) is 26.4 Å². The van der Waals surface area contributed by atoms with Gasteiger partial charge in [0, 0.05) is 26.4 Å². The lowest BCUT2D eigenvalue weighted by molar-refractivity contribution is -0.0253. The number of hydrogen-bond acceptors (Lipinski definition) is 6. The minimum Gasteiger partial charge on any atom is -0.508 e. The van der Waals surface area contributed by atoms with E-state index in [9.17, 15) is 20.4 Å². The molecule has 0 amide bonds. The molecule has 312 valence electrons. The SMILES string of the molecule is CCCOCCCC[C@@H]1C[C@@H]2[C@H](CC[C@]3(C)[C@@H](O)CC[C@@H]23)c2ccc(O)cc21.CCOCCCCC[C@@H]1C[C@@H]2[C@H](CC[C@]3(C)[C@@H](O)CC[C@@H]23)c2ccc(O)cc21. The highest BCUT2D eigenvalue weighted by atomic mass is 16.5. The summed E-state index contributed by atoms with van der Waals surface area (Å²) >= 11 is 0. The lowest BCUT2D eigenvalue weighted by atomic mass is 9.53. The highest BCUT2D eigenvalue weighted by Gasteiger charge is 2.56. The van der Waals surface area contributed by atoms with Gasteiger partial charge in [0.1, 0.15) is 11.5 Å². The van der Waals surface area contributed by atoms with Crippen molar-refractivity contribution in [1.29, 1.82) is 0 Å². The summed E-state index contributed by atoms with van der Waals surface area (Å²) in [5.41, 5.74) is 6.04. The van der Waals surface area contributed by atoms with Crippen LogP contribution >= 0.6 is 0 Å². The van der Waals surface area contributed by atoms with Gasteiger partial charge in [-0.25, -0.2) is 0 Å². The molecular formula is C50H76O6. The van der Waals surface area contributed by atoms with E-state index in [2.05, 4.69) is 39.8 Å². The van der Waals surface area contributed by atoms with Crippen LogP contribution in [0, 0.1) is 34.5 Å². The normalized spacial score (nSPS) is 36.6. The molecule has 0 unspecified atom stereocenters. The number of phenols is 2. The average Bonchev–Trinajstić information content (AvgIpc) is 3.67. The Labute approximate surface area is 339 Å². The Kier molecular flexibility index (Phi) is 13.8. The quantitative estimate of drug-likeness (QED) is 0.143. The molecule has 4 N–H and O–H groups in total. The number of aromatic hydroxyl groups is 2. The fourth-order valence-electron chi connectivity index (χ4n) is 13.7. The minimum atomic E-state index is -0.117. The van der Waals surface area contributed by atoms with Crippen LogP contribution in [0.1, 0.15) is 189 Å². The smallest absolute Gasteiger partial charge is 0.115 e. The molecule has 56 heavy (non-hydrogen) atoms. The summed E-state index contributed by atoms with van der Waals surface area (Å²) < 4.78 is 11.1. The van der Waals surface area contributed by atoms with Crippen LogP contribution in [-0.4, -0.2) is 59.1 Å². The van der Waals surface area contributed by atoms with Gasteiger partial charge < -0.3 is 29.9 Å². The number of aliphatic hydroxyl groups is 2. The van der Waals surface area contributed by atoms with E-state index in [0.29, 0.717) is 58.8 Å². The molecule has 6 heteroatoms. The third kappa shape index (κ3) is 8.48. The van der Waals surface area contributed by atoms with E-state index in [4.69, 9.17) is 9.47 Å². The van der Waals surface area contributed by atoms with Crippen LogP contribution in [0.15, 0.2) is 36.4 Å². The molecule has 0 aromatic heterocycles. The van der Waals surface area contributed by atoms with Crippen LogP contribution in [0.4, 0.5) is 0 Å². The maximum atomic E-state index is 10.7. The van der Waals surface area contributed by atoms with Gasteiger partial charge in [-0.05, 0) is 208 Å². The molecule has 6 nitrogen and oxygen atoms in total. The van der Waals surface area contributed by atoms with E-state index >= 15 is 0 Å². The van der Waals surface area contributed by atoms with Crippen LogP contribution < -0.4 is 0 Å². The van der Waals surface area contributed by atoms with E-state index in [1.54, 1.807) is 0 Å². The number of benzene rings is 2. The van der Waals surface area contributed by atoms with Crippen molar-refractivity contribution in [2.45, 2.75) is 179 Å². The van der Waals surface area contributed by atoms with Crippen LogP contribution in [0.2, 0.25) is 0 Å². The Morgan fingerprint density at radius 2 is 1.05 bits per heavy atom. The van der Waals surface area contributed by atoms with Gasteiger partial charge in [0.15, 0.2) is 0 Å². The number of ether oxygens (including phenoxy) is 2. The van der Waals surface area contributed by atoms with Crippen molar-refractivity contribution in [3.63, 3.8) is 0 Å². The van der Waals surface area contributed by atoms with Crippen LogP contribution in [0.5, 0.6) is 11.5 Å². The first-order chi connectivity index (χ1) is 27.1. The third-order valence-corrected chi connectivity index (χ3v) is 16.7. The molecule has 4 fully saturated rings. The third-order valence-electron chi connectivity index (χ3n) is 16.7. The first-order valence-electron chi connectivity index (χ1n) is 23.3. The van der Waals surface area contributed by atoms with Gasteiger partial charge in [-0.2, -0.15) is 0 Å². The number of hydrogen-bond donors (Lipinski definition) is 4. The van der Waals surface area contributed by atoms with E-state index < -0.39 is 0 Å². The molecule has 4 saturated carbocycles. The summed E-state index contributed by atoms with van der Waals surface area (Å²) in [5, 5.41) is 41.6. The Bertz CT molecular complexity index is 1460. The van der Waals surface area contributed by atoms with Gasteiger partial charge in [-0.3, -0.25) is 0 Å². The zero-order valence-electron chi connectivity index (χ0n) is 35.4. The summed E-state index contributed by atoms with van der Waals surface area (Å²) in [4.78, 5) is 0. The molecule has 0 saturated heterocycles. The van der Waals surface area contributed by atoms with E-state index in [1.807, 2.05) is 24.3 Å². The predicted molar refractivity (Wildman–Crippen MR) is 225 cm³/mol. The molecule has 0 aliphatic heterocycles. The Hall–Kier alpha value is -2.12. The van der Waals surface area contributed by atoms with Crippen molar-refractivity contribution < 1.29 is 29.9 Å². The summed E-state index contributed by atoms with van der Waals surface area (Å²) in [7, 11) is 0. The summed E-state index contributed by atoms with van der Waals surface area (Å²) in [6.07, 6.45) is 20.6. The van der Waals surface area contributed by atoms with Crippen molar-refractivity contribution in [1.82, 2.24) is 0 Å². The second kappa shape index (κ2) is 18.4. The minimum absolute atomic E-state index is 0.114. The monoisotopic (exact) mass is 773 g/mol. The van der Waals surface area contributed by atoms with Gasteiger partial charge in [0.2, 0.25) is 0 Å². The maximum absolute atomic E-state index is 10.7. The predicted octanol–water partition coefficient (Wildman–Crippen LogP) is 11.5. The Morgan fingerprint density at radius 1 is 0.571 bits per heavy atom. The molecule has 12 atom stereocenters. The molecule has 2 aromatic rings. The number of unbranched alkanes of at least 4 members (excludes halogenated alkanes) is 3. The molecule has 6 aliphatic carbocycles. The molecule has 0 bridgehead atoms. The Morgan fingerprint density at radius 3 is 1.55 bits per heavy atom. The molecule has 6 aliphatic rings. The van der Waals surface area contributed by atoms with Crippen molar-refractivity contribution in [3.8, 4) is 11.5 Å². The standard InChI is InChI=1S/2C25H38O3/c1-3-13-28-14-5-4-6-17-15-22-20(19-8-7-18(26)16-21(17)19)11-12-25(2)23(22)9-10-24(25)27;1-3-28-14-6-4-5-7-17-15-22-20(19-9-8-18(26)16-21(17)19)12-13-25(2)23(22)10-11-24(25)27/h7-8,16-17,20,22-24,26-27H,3-6,9-15H2,1-2H3;8-9,16-17,20,22-24,26-27H,3-7,10-15H2,1-2H3/t2*17-,20-,22-,23+,24+,25+/m11/s1. The maximum Gasteiger partial charge on any atom is 0.115 e. The number of aliphatic hydroxyl groups excluding tert-OH is 2. The summed E-state index contributed by atoms with van der Waals surface area (Å²) in [5.74, 6) is 5.83. The summed E-state index contributed by atoms with van der Waals surface area (Å²) in [6.45, 7) is 12.3. The zero-order chi connectivity index (χ0) is 39.5. The van der Waals surface area contributed by atoms with Crippen molar-refractivity contribution in [2.24, 2.45) is 34.5 Å². The molecular weight excluding hydrogens is 697 g/mol. The largest absolute Gasteiger partial charge is 0.508 e. The van der Waals surface area contributed by atoms with Gasteiger partial charge in [-0.1, -0.05) is 52.2 Å². The second-order valence-electron chi connectivity index (χ2n) is 19.7. The van der Waals surface area contributed by atoms with Gasteiger partial charge in [0.25, 0.3) is 0 Å². The van der Waals surface area contributed by atoms with E-state index in [1.165, 1.54) is 92.9 Å². The number of fused-ring (bicyclic) bond motifs is 10. The van der Waals surface area contributed by atoms with Crippen molar-refractivity contribution >= 4 is 0 Å². The molecule has 0 heterocycles. The highest BCUT2D eigenvalue weighted by Crippen LogP contribution is 2.64. The lowest BCUT2D eigenvalue weighted by Gasteiger charge is -2.51. The van der Waals surface area contributed by atoms with Crippen LogP contribution in [0.3, 0.4) is 0 Å². The van der Waals surface area contributed by atoms with Crippen LogP contribution in [-0.2, 0) is 9.47 Å². The van der Waals surface area contributed by atoms with Gasteiger partial charge in [0.05, 0.1) is 12.2 Å². The van der Waals surface area contributed by atoms with Gasteiger partial charge >= 0.3 is 0 Å². The molecule has 8 rings (SSSR count). The summed E-state index contributed by atoms with van der Waals surface area (Å²) in [6, 6.07) is 12.3. The number of phenolic OH excluding ortho intramolecular Hbond substituents is 2. The fourth-order valence-corrected chi connectivity index (χ4v) is 13.7. The van der Waals surface area contributed by atoms with E-state index in [0.717, 1.165) is 71.4 Å². The number of rotatable bonds is 14. The van der Waals surface area contributed by atoms with Gasteiger partial charge in [-0.15, -0.1) is 0 Å². The first-order valence-corrected chi connectivity index (χ1v) is 23.3. The zero-order valence-corrected chi connectivity index (χ0v) is 35.4. The Balaban J connectivity index is 0.000000172. The average molecular weight is 773 g/mol. The second-order valence-corrected chi connectivity index (χ2v) is 19.7. The first kappa shape index (κ1) is 42.0. The van der Waals surface area contributed by atoms with Crippen LogP contribution in [0.25, 0.3) is 0 Å². The van der Waals surface area contributed by atoms with E-state index in [-0.39, 0.29) is 23.0 Å². The molecule has 0 spiro atoms. The fraction of sp³-hybridized carbons (Fsp3) is 0.760. The van der Waals surface area contributed by atoms with Crippen molar-refractivity contribution in [3.05, 3.63) is 58.7 Å².